The molecule has 2 fully saturated rings. The Balaban J connectivity index is 2.16. The van der Waals surface area contributed by atoms with E-state index in [0.29, 0.717) is 6.42 Å². The molecule has 1 amide bonds. The Morgan fingerprint density at radius 1 is 1.39 bits per heavy atom. The fraction of sp³-hybridized carbons (Fsp3) is 0.846. The maximum absolute atomic E-state index is 13.9. The van der Waals surface area contributed by atoms with Crippen molar-refractivity contribution in [1.29, 1.82) is 0 Å². The van der Waals surface area contributed by atoms with Crippen molar-refractivity contribution in [3.05, 3.63) is 0 Å². The van der Waals surface area contributed by atoms with Crippen molar-refractivity contribution in [2.45, 2.75) is 70.3 Å². The summed E-state index contributed by atoms with van der Waals surface area (Å²) in [6, 6.07) is -0.807. The van der Waals surface area contributed by atoms with Crippen molar-refractivity contribution in [3.63, 3.8) is 0 Å². The van der Waals surface area contributed by atoms with Crippen LogP contribution in [0.4, 0.5) is 9.18 Å². The van der Waals surface area contributed by atoms with Crippen molar-refractivity contribution in [3.8, 4) is 0 Å². The molecular formula is C13H20FNO3. The molecule has 0 saturated carbocycles. The second kappa shape index (κ2) is 4.52. The molecule has 102 valence electrons. The van der Waals surface area contributed by atoms with Gasteiger partial charge in [-0.25, -0.2) is 9.18 Å². The second-order valence-electron chi connectivity index (χ2n) is 6.11. The summed E-state index contributed by atoms with van der Waals surface area (Å²) in [4.78, 5) is 25.1. The Morgan fingerprint density at radius 2 is 2.06 bits per heavy atom. The van der Waals surface area contributed by atoms with Gasteiger partial charge in [0.2, 0.25) is 0 Å². The zero-order chi connectivity index (χ0) is 13.5. The van der Waals surface area contributed by atoms with Crippen LogP contribution in [0.5, 0.6) is 0 Å². The Kier molecular flexibility index (Phi) is 3.34. The highest BCUT2D eigenvalue weighted by molar-refractivity contribution is 5.87. The molecule has 4 nitrogen and oxygen atoms in total. The molecule has 3 atom stereocenters. The van der Waals surface area contributed by atoms with Gasteiger partial charge in [0.25, 0.3) is 0 Å². The first kappa shape index (κ1) is 13.3. The van der Waals surface area contributed by atoms with Crippen LogP contribution in [0.25, 0.3) is 0 Å². The number of nitrogens with zero attached hydrogens (tertiary/aromatic N) is 1. The molecule has 2 rings (SSSR count). The molecule has 2 heterocycles. The van der Waals surface area contributed by atoms with Crippen LogP contribution in [0.15, 0.2) is 0 Å². The number of rotatable bonds is 0. The number of alkyl halides is 1. The fourth-order valence-electron chi connectivity index (χ4n) is 2.76. The maximum atomic E-state index is 13.9. The predicted molar refractivity (Wildman–Crippen MR) is 64.0 cm³/mol. The van der Waals surface area contributed by atoms with Crippen LogP contribution in [0.3, 0.4) is 0 Å². The summed E-state index contributed by atoms with van der Waals surface area (Å²) in [5, 5.41) is 0. The van der Waals surface area contributed by atoms with Gasteiger partial charge in [-0.05, 0) is 40.0 Å². The fourth-order valence-corrected chi connectivity index (χ4v) is 2.76. The van der Waals surface area contributed by atoms with Gasteiger partial charge in [-0.1, -0.05) is 0 Å². The minimum atomic E-state index is -1.55. The van der Waals surface area contributed by atoms with Crippen LogP contribution in [0, 0.1) is 0 Å². The number of amides is 1. The van der Waals surface area contributed by atoms with Crippen molar-refractivity contribution in [2.75, 3.05) is 0 Å². The lowest BCUT2D eigenvalue weighted by atomic mass is 9.83. The van der Waals surface area contributed by atoms with Crippen molar-refractivity contribution < 1.29 is 18.7 Å². The normalized spacial score (nSPS) is 32.3. The van der Waals surface area contributed by atoms with Gasteiger partial charge in [0.1, 0.15) is 5.60 Å². The zero-order valence-electron chi connectivity index (χ0n) is 11.1. The van der Waals surface area contributed by atoms with E-state index in [9.17, 15) is 14.0 Å². The van der Waals surface area contributed by atoms with E-state index in [-0.39, 0.29) is 18.2 Å². The van der Waals surface area contributed by atoms with Gasteiger partial charge in [-0.3, -0.25) is 9.69 Å². The standard InChI is InChI=1S/C13H20FNO3/c1-13(2,3)18-12(17)15-8-5-4-6-9(15)11(14)10(16)7-8/h8-9,11H,4-7H2,1-3H3/t8?,9?,11-/m0/s1. The van der Waals surface area contributed by atoms with Crippen LogP contribution in [-0.2, 0) is 9.53 Å². The van der Waals surface area contributed by atoms with Gasteiger partial charge in [0, 0.05) is 12.5 Å². The minimum Gasteiger partial charge on any atom is -0.444 e. The van der Waals surface area contributed by atoms with E-state index in [1.165, 1.54) is 4.90 Å². The van der Waals surface area contributed by atoms with E-state index >= 15 is 0 Å². The summed E-state index contributed by atoms with van der Waals surface area (Å²) in [6.45, 7) is 5.34. The topological polar surface area (TPSA) is 46.6 Å². The quantitative estimate of drug-likeness (QED) is 0.669. The molecule has 0 N–H and O–H groups in total. The van der Waals surface area contributed by atoms with E-state index in [2.05, 4.69) is 0 Å². The zero-order valence-corrected chi connectivity index (χ0v) is 11.1. The predicted octanol–water partition coefficient (Wildman–Crippen LogP) is 2.46. The van der Waals surface area contributed by atoms with E-state index in [1.54, 1.807) is 20.8 Å². The van der Waals surface area contributed by atoms with Crippen LogP contribution in [-0.4, -0.2) is 40.6 Å². The molecule has 2 saturated heterocycles. The molecule has 0 aromatic rings. The molecule has 18 heavy (non-hydrogen) atoms. The highest BCUT2D eigenvalue weighted by Gasteiger charge is 2.48. The second-order valence-corrected chi connectivity index (χ2v) is 6.11. The van der Waals surface area contributed by atoms with Gasteiger partial charge < -0.3 is 4.74 Å². The third-order valence-electron chi connectivity index (χ3n) is 3.47. The van der Waals surface area contributed by atoms with Gasteiger partial charge in [0.15, 0.2) is 12.0 Å². The molecule has 2 bridgehead atoms. The molecule has 0 aromatic heterocycles. The Bertz CT molecular complexity index is 364. The third kappa shape index (κ3) is 2.49. The van der Waals surface area contributed by atoms with Gasteiger partial charge in [-0.2, -0.15) is 0 Å². The Hall–Kier alpha value is -1.13. The van der Waals surface area contributed by atoms with Crippen molar-refractivity contribution >= 4 is 11.9 Å². The molecule has 2 aliphatic heterocycles. The third-order valence-corrected chi connectivity index (χ3v) is 3.47. The average molecular weight is 257 g/mol. The number of halogens is 1. The molecular weight excluding hydrogens is 237 g/mol. The number of carbonyl (C=O) groups excluding carboxylic acids is 2. The van der Waals surface area contributed by atoms with Gasteiger partial charge in [0.05, 0.1) is 6.04 Å². The summed E-state index contributed by atoms with van der Waals surface area (Å²) < 4.78 is 19.2. The minimum absolute atomic E-state index is 0.122. The monoisotopic (exact) mass is 257 g/mol. The van der Waals surface area contributed by atoms with Crippen LogP contribution >= 0.6 is 0 Å². The smallest absolute Gasteiger partial charge is 0.410 e. The molecule has 0 spiro atoms. The molecule has 0 radical (unpaired) electrons. The first-order valence-electron chi connectivity index (χ1n) is 6.48. The van der Waals surface area contributed by atoms with E-state index in [1.807, 2.05) is 0 Å². The number of hydrogen-bond acceptors (Lipinski definition) is 3. The molecule has 0 aromatic carbocycles. The number of carbonyl (C=O) groups is 2. The number of fused-ring (bicyclic) bond motifs is 2. The molecule has 0 aliphatic carbocycles. The SMILES string of the molecule is CC(C)(C)OC(=O)N1C2CCCC1[C@H](F)C(=O)C2. The van der Waals surface area contributed by atoms with E-state index < -0.39 is 23.9 Å². The van der Waals surface area contributed by atoms with Crippen LogP contribution < -0.4 is 0 Å². The number of ketones is 1. The maximum Gasteiger partial charge on any atom is 0.410 e. The van der Waals surface area contributed by atoms with Gasteiger partial charge in [-0.15, -0.1) is 0 Å². The largest absolute Gasteiger partial charge is 0.444 e. The summed E-state index contributed by atoms with van der Waals surface area (Å²) in [5.41, 5.74) is -0.599. The summed E-state index contributed by atoms with van der Waals surface area (Å²) in [6.07, 6.45) is 0.247. The molecule has 2 unspecified atom stereocenters. The van der Waals surface area contributed by atoms with E-state index in [4.69, 9.17) is 4.74 Å². The lowest BCUT2D eigenvalue weighted by molar-refractivity contribution is -0.135. The first-order chi connectivity index (χ1) is 8.29. The molecule has 2 aliphatic rings. The summed E-state index contributed by atoms with van der Waals surface area (Å²) in [5.74, 6) is -0.371. The Morgan fingerprint density at radius 3 is 2.67 bits per heavy atom. The number of hydrogen-bond donors (Lipinski definition) is 0. The summed E-state index contributed by atoms with van der Waals surface area (Å²) >= 11 is 0. The first-order valence-corrected chi connectivity index (χ1v) is 6.48. The van der Waals surface area contributed by atoms with Crippen LogP contribution in [0.1, 0.15) is 46.5 Å². The van der Waals surface area contributed by atoms with Crippen LogP contribution in [0.2, 0.25) is 0 Å². The van der Waals surface area contributed by atoms with Crippen molar-refractivity contribution in [1.82, 2.24) is 4.90 Å². The molecule has 5 heteroatoms. The van der Waals surface area contributed by atoms with Gasteiger partial charge >= 0.3 is 6.09 Å². The van der Waals surface area contributed by atoms with E-state index in [0.717, 1.165) is 12.8 Å². The summed E-state index contributed by atoms with van der Waals surface area (Å²) in [7, 11) is 0. The number of ether oxygens (including phenoxy) is 1. The highest BCUT2D eigenvalue weighted by Crippen LogP contribution is 2.34. The number of piperidine rings is 2. The number of Topliss-reactive ketones (excluding diaryl/α,β-unsaturated/α-hetero) is 1. The highest BCUT2D eigenvalue weighted by atomic mass is 19.1. The Labute approximate surface area is 106 Å². The average Bonchev–Trinajstić information content (AvgIpc) is 2.23. The lowest BCUT2D eigenvalue weighted by Crippen LogP contribution is -2.61. The van der Waals surface area contributed by atoms with Crippen molar-refractivity contribution in [2.24, 2.45) is 0 Å². The lowest BCUT2D eigenvalue weighted by Gasteiger charge is -2.46.